The lowest BCUT2D eigenvalue weighted by Gasteiger charge is -2.26. The van der Waals surface area contributed by atoms with Crippen LogP contribution in [0.4, 0.5) is 4.39 Å². The number of nitrogens with one attached hydrogen (secondary N) is 1. The number of carbonyl (C=O) groups excluding carboxylic acids is 2. The van der Waals surface area contributed by atoms with Crippen LogP contribution in [0.2, 0.25) is 0 Å². The largest absolute Gasteiger partial charge is 0.492 e. The molecular weight excluding hydrogens is 415 g/mol. The fourth-order valence-corrected chi connectivity index (χ4v) is 3.38. The van der Waals surface area contributed by atoms with Crippen LogP contribution in [0.15, 0.2) is 42.5 Å². The number of nitrogens with zero attached hydrogens (tertiary/aromatic N) is 1. The van der Waals surface area contributed by atoms with Crippen molar-refractivity contribution in [2.75, 3.05) is 39.5 Å². The normalized spacial score (nSPS) is 13.4. The van der Waals surface area contributed by atoms with Gasteiger partial charge in [-0.3, -0.25) is 9.59 Å². The van der Waals surface area contributed by atoms with Gasteiger partial charge in [0.05, 0.1) is 13.2 Å². The topological polar surface area (TPSA) is 77.1 Å². The molecule has 3 rings (SSSR count). The van der Waals surface area contributed by atoms with Crippen molar-refractivity contribution in [1.29, 1.82) is 0 Å². The first-order valence-corrected chi connectivity index (χ1v) is 10.9. The zero-order valence-electron chi connectivity index (χ0n) is 18.3. The molecule has 2 aromatic rings. The van der Waals surface area contributed by atoms with E-state index in [1.54, 1.807) is 18.2 Å². The molecule has 0 spiro atoms. The summed E-state index contributed by atoms with van der Waals surface area (Å²) in [7, 11) is 0. The maximum absolute atomic E-state index is 12.9. The fourth-order valence-electron chi connectivity index (χ4n) is 3.38. The Bertz CT molecular complexity index is 898. The van der Waals surface area contributed by atoms with Gasteiger partial charge in [-0.25, -0.2) is 4.39 Å². The van der Waals surface area contributed by atoms with Gasteiger partial charge in [0.15, 0.2) is 18.1 Å². The average Bonchev–Trinajstić information content (AvgIpc) is 2.82. The Kier molecular flexibility index (Phi) is 8.71. The molecular formula is C24H29FN2O5. The number of ether oxygens (including phenoxy) is 3. The number of carbonyl (C=O) groups is 2. The molecule has 0 saturated carbocycles. The molecule has 2 aromatic carbocycles. The van der Waals surface area contributed by atoms with Gasteiger partial charge in [0.2, 0.25) is 0 Å². The van der Waals surface area contributed by atoms with Gasteiger partial charge in [0.1, 0.15) is 18.2 Å². The summed E-state index contributed by atoms with van der Waals surface area (Å²) in [5.41, 5.74) is 0.407. The van der Waals surface area contributed by atoms with Crippen LogP contribution >= 0.6 is 0 Å². The molecule has 1 aliphatic heterocycles. The molecule has 32 heavy (non-hydrogen) atoms. The van der Waals surface area contributed by atoms with Crippen molar-refractivity contribution in [3.05, 3.63) is 53.8 Å². The Morgan fingerprint density at radius 2 is 1.72 bits per heavy atom. The van der Waals surface area contributed by atoms with Crippen LogP contribution in [0, 0.1) is 5.82 Å². The Hall–Kier alpha value is -3.29. The number of piperidine rings is 1. The summed E-state index contributed by atoms with van der Waals surface area (Å²) in [6, 6.07) is 10.5. The Morgan fingerprint density at radius 1 is 0.969 bits per heavy atom. The lowest BCUT2D eigenvalue weighted by molar-refractivity contribution is -0.134. The number of rotatable bonds is 10. The standard InChI is InChI=1S/C24H29FN2O5/c1-2-30-22-16-18(24(29)26-12-15-31-20-9-7-19(25)8-10-20)6-11-21(22)32-17-23(28)27-13-4-3-5-14-27/h6-11,16H,2-5,12-15,17H2,1H3,(H,26,29). The number of halogens is 1. The van der Waals surface area contributed by atoms with E-state index >= 15 is 0 Å². The van der Waals surface area contributed by atoms with Gasteiger partial charge in [-0.05, 0) is 68.7 Å². The van der Waals surface area contributed by atoms with Gasteiger partial charge in [-0.15, -0.1) is 0 Å². The van der Waals surface area contributed by atoms with Crippen molar-refractivity contribution >= 4 is 11.8 Å². The van der Waals surface area contributed by atoms with E-state index in [1.165, 1.54) is 24.3 Å². The molecule has 0 unspecified atom stereocenters. The highest BCUT2D eigenvalue weighted by molar-refractivity contribution is 5.94. The van der Waals surface area contributed by atoms with E-state index in [9.17, 15) is 14.0 Å². The van der Waals surface area contributed by atoms with Crippen LogP contribution < -0.4 is 19.5 Å². The van der Waals surface area contributed by atoms with Crippen LogP contribution in [0.3, 0.4) is 0 Å². The summed E-state index contributed by atoms with van der Waals surface area (Å²) >= 11 is 0. The molecule has 0 aromatic heterocycles. The monoisotopic (exact) mass is 444 g/mol. The molecule has 1 fully saturated rings. The van der Waals surface area contributed by atoms with E-state index in [1.807, 2.05) is 11.8 Å². The van der Waals surface area contributed by atoms with Crippen LogP contribution in [0.1, 0.15) is 36.5 Å². The zero-order chi connectivity index (χ0) is 22.8. The highest BCUT2D eigenvalue weighted by Gasteiger charge is 2.18. The molecule has 7 nitrogen and oxygen atoms in total. The predicted octanol–water partition coefficient (Wildman–Crippen LogP) is 3.42. The maximum Gasteiger partial charge on any atom is 0.260 e. The molecule has 1 N–H and O–H groups in total. The quantitative estimate of drug-likeness (QED) is 0.568. The van der Waals surface area contributed by atoms with Gasteiger partial charge in [-0.2, -0.15) is 0 Å². The molecule has 0 bridgehead atoms. The third-order valence-corrected chi connectivity index (χ3v) is 5.04. The minimum absolute atomic E-state index is 0.0462. The fraction of sp³-hybridized carbons (Fsp3) is 0.417. The smallest absolute Gasteiger partial charge is 0.260 e. The Morgan fingerprint density at radius 3 is 2.44 bits per heavy atom. The molecule has 1 aliphatic rings. The first kappa shape index (κ1) is 23.4. The Labute approximate surface area is 187 Å². The maximum atomic E-state index is 12.9. The second-order valence-electron chi connectivity index (χ2n) is 7.38. The first-order valence-electron chi connectivity index (χ1n) is 10.9. The molecule has 1 heterocycles. The summed E-state index contributed by atoms with van der Waals surface area (Å²) in [5, 5.41) is 2.77. The van der Waals surface area contributed by atoms with E-state index in [4.69, 9.17) is 14.2 Å². The molecule has 0 aliphatic carbocycles. The van der Waals surface area contributed by atoms with Crippen molar-refractivity contribution in [2.24, 2.45) is 0 Å². The third-order valence-electron chi connectivity index (χ3n) is 5.04. The summed E-state index contributed by atoms with van der Waals surface area (Å²) in [6.07, 6.45) is 3.20. The predicted molar refractivity (Wildman–Crippen MR) is 118 cm³/mol. The van der Waals surface area contributed by atoms with Gasteiger partial charge in [-0.1, -0.05) is 0 Å². The second kappa shape index (κ2) is 11.9. The number of likely N-dealkylation sites (tertiary alicyclic amines) is 1. The molecule has 8 heteroatoms. The summed E-state index contributed by atoms with van der Waals surface area (Å²) in [5.74, 6) is 0.696. The summed E-state index contributed by atoms with van der Waals surface area (Å²) in [6.45, 7) is 4.23. The zero-order valence-corrected chi connectivity index (χ0v) is 18.3. The lowest BCUT2D eigenvalue weighted by Crippen LogP contribution is -2.38. The van der Waals surface area contributed by atoms with E-state index in [-0.39, 0.29) is 37.4 Å². The SMILES string of the molecule is CCOc1cc(C(=O)NCCOc2ccc(F)cc2)ccc1OCC(=O)N1CCCCC1. The van der Waals surface area contributed by atoms with Gasteiger partial charge < -0.3 is 24.4 Å². The van der Waals surface area contributed by atoms with E-state index in [0.717, 1.165) is 32.4 Å². The van der Waals surface area contributed by atoms with Gasteiger partial charge in [0.25, 0.3) is 11.8 Å². The van der Waals surface area contributed by atoms with Gasteiger partial charge in [0, 0.05) is 18.7 Å². The van der Waals surface area contributed by atoms with Crippen LogP contribution in [0.5, 0.6) is 17.2 Å². The first-order chi connectivity index (χ1) is 15.6. The van der Waals surface area contributed by atoms with Crippen molar-refractivity contribution in [2.45, 2.75) is 26.2 Å². The number of hydrogen-bond acceptors (Lipinski definition) is 5. The Balaban J connectivity index is 1.51. The number of benzene rings is 2. The molecule has 172 valence electrons. The average molecular weight is 445 g/mol. The van der Waals surface area contributed by atoms with Crippen LogP contribution in [-0.4, -0.2) is 56.2 Å². The highest BCUT2D eigenvalue weighted by Crippen LogP contribution is 2.28. The van der Waals surface area contributed by atoms with Crippen molar-refractivity contribution in [3.8, 4) is 17.2 Å². The lowest BCUT2D eigenvalue weighted by atomic mass is 10.1. The molecule has 2 amide bonds. The highest BCUT2D eigenvalue weighted by atomic mass is 19.1. The molecule has 0 atom stereocenters. The van der Waals surface area contributed by atoms with Crippen LogP contribution in [-0.2, 0) is 4.79 Å². The molecule has 1 saturated heterocycles. The van der Waals surface area contributed by atoms with E-state index in [0.29, 0.717) is 29.4 Å². The summed E-state index contributed by atoms with van der Waals surface area (Å²) in [4.78, 5) is 26.6. The van der Waals surface area contributed by atoms with Crippen molar-refractivity contribution < 1.29 is 28.2 Å². The van der Waals surface area contributed by atoms with E-state index in [2.05, 4.69) is 5.32 Å². The minimum Gasteiger partial charge on any atom is -0.492 e. The number of hydrogen-bond donors (Lipinski definition) is 1. The van der Waals surface area contributed by atoms with Crippen molar-refractivity contribution in [3.63, 3.8) is 0 Å². The van der Waals surface area contributed by atoms with Crippen molar-refractivity contribution in [1.82, 2.24) is 10.2 Å². The molecule has 0 radical (unpaired) electrons. The van der Waals surface area contributed by atoms with E-state index < -0.39 is 0 Å². The van der Waals surface area contributed by atoms with Crippen LogP contribution in [0.25, 0.3) is 0 Å². The second-order valence-corrected chi connectivity index (χ2v) is 7.38. The number of amides is 2. The summed E-state index contributed by atoms with van der Waals surface area (Å²) < 4.78 is 29.7. The minimum atomic E-state index is -0.334. The van der Waals surface area contributed by atoms with Gasteiger partial charge >= 0.3 is 0 Å². The third kappa shape index (κ3) is 6.87.